The first-order valence-corrected chi connectivity index (χ1v) is 8.56. The molecule has 0 heterocycles. The van der Waals surface area contributed by atoms with E-state index in [1.54, 1.807) is 11.1 Å². The van der Waals surface area contributed by atoms with Crippen molar-refractivity contribution in [3.8, 4) is 0 Å². The van der Waals surface area contributed by atoms with Crippen molar-refractivity contribution in [3.05, 3.63) is 35.5 Å². The van der Waals surface area contributed by atoms with Gasteiger partial charge in [-0.2, -0.15) is 0 Å². The molecule has 1 fully saturated rings. The van der Waals surface area contributed by atoms with Gasteiger partial charge >= 0.3 is 0 Å². The Labute approximate surface area is 125 Å². The molecule has 3 aliphatic carbocycles. The third-order valence-corrected chi connectivity index (χ3v) is 6.47. The molecule has 3 rings (SSSR count). The predicted octanol–water partition coefficient (Wildman–Crippen LogP) is 5.92. The Morgan fingerprint density at radius 1 is 1.15 bits per heavy atom. The number of hydrogen-bond acceptors (Lipinski definition) is 0. The van der Waals surface area contributed by atoms with E-state index >= 15 is 0 Å². The van der Waals surface area contributed by atoms with Crippen molar-refractivity contribution in [1.29, 1.82) is 0 Å². The largest absolute Gasteiger partial charge is 0.0853 e. The molecule has 0 nitrogen and oxygen atoms in total. The minimum Gasteiger partial charge on any atom is -0.0853 e. The van der Waals surface area contributed by atoms with Crippen LogP contribution in [0, 0.1) is 29.1 Å². The summed E-state index contributed by atoms with van der Waals surface area (Å²) in [4.78, 5) is 0. The van der Waals surface area contributed by atoms with Crippen LogP contribution in [0.4, 0.5) is 0 Å². The summed E-state index contributed by atoms with van der Waals surface area (Å²) in [5, 5.41) is 0. The third kappa shape index (κ3) is 2.32. The highest BCUT2D eigenvalue weighted by atomic mass is 14.5. The fraction of sp³-hybridized carbons (Fsp3) is 0.700. The Morgan fingerprint density at radius 3 is 2.75 bits per heavy atom. The van der Waals surface area contributed by atoms with Crippen LogP contribution in [0.5, 0.6) is 0 Å². The molecule has 0 amide bonds. The van der Waals surface area contributed by atoms with Gasteiger partial charge in [0.2, 0.25) is 0 Å². The number of rotatable bonds is 0. The molecule has 5 atom stereocenters. The second-order valence-electron chi connectivity index (χ2n) is 7.87. The van der Waals surface area contributed by atoms with Gasteiger partial charge in [-0.05, 0) is 73.7 Å². The highest BCUT2D eigenvalue weighted by molar-refractivity contribution is 5.32. The van der Waals surface area contributed by atoms with Gasteiger partial charge < -0.3 is 0 Å². The van der Waals surface area contributed by atoms with Crippen molar-refractivity contribution in [2.45, 2.75) is 59.8 Å². The molecule has 0 saturated heterocycles. The van der Waals surface area contributed by atoms with Crippen molar-refractivity contribution < 1.29 is 0 Å². The standard InChI is InChI=1S/C20H30/c1-14-6-5-7-15(2)18-11-13-20(4)12-10-17(9-8-14)16(3)19(18)20/h6,9-10,12,15-16,18-19H,5,7-8,11,13H2,1-4H3/b14-6+,17-9-/t15-,16-,18+,19-,20+/m1/s1. The summed E-state index contributed by atoms with van der Waals surface area (Å²) in [5.41, 5.74) is 3.61. The van der Waals surface area contributed by atoms with E-state index in [-0.39, 0.29) is 0 Å². The summed E-state index contributed by atoms with van der Waals surface area (Å²) in [6.45, 7) is 9.80. The molecule has 0 unspecified atom stereocenters. The fourth-order valence-electron chi connectivity index (χ4n) is 5.16. The summed E-state index contributed by atoms with van der Waals surface area (Å²) in [6.07, 6.45) is 16.6. The van der Waals surface area contributed by atoms with E-state index in [1.165, 1.54) is 25.7 Å². The molecule has 0 heteroatoms. The second kappa shape index (κ2) is 5.20. The van der Waals surface area contributed by atoms with E-state index in [1.807, 2.05) is 0 Å². The van der Waals surface area contributed by atoms with Crippen LogP contribution >= 0.6 is 0 Å². The Bertz CT molecular complexity index is 464. The van der Waals surface area contributed by atoms with Gasteiger partial charge in [-0.1, -0.05) is 50.6 Å². The van der Waals surface area contributed by atoms with Crippen LogP contribution in [-0.2, 0) is 0 Å². The zero-order valence-corrected chi connectivity index (χ0v) is 13.7. The quantitative estimate of drug-likeness (QED) is 0.479. The van der Waals surface area contributed by atoms with Crippen molar-refractivity contribution in [1.82, 2.24) is 0 Å². The van der Waals surface area contributed by atoms with Crippen LogP contribution in [-0.4, -0.2) is 0 Å². The summed E-state index contributed by atoms with van der Waals surface area (Å²) >= 11 is 0. The maximum absolute atomic E-state index is 2.55. The minimum absolute atomic E-state index is 0.464. The van der Waals surface area contributed by atoms with Gasteiger partial charge in [0.15, 0.2) is 0 Å². The first-order valence-electron chi connectivity index (χ1n) is 8.56. The summed E-state index contributed by atoms with van der Waals surface area (Å²) in [7, 11) is 0. The van der Waals surface area contributed by atoms with Crippen molar-refractivity contribution in [2.24, 2.45) is 29.1 Å². The molecule has 0 spiro atoms. The fourth-order valence-corrected chi connectivity index (χ4v) is 5.16. The normalized spacial score (nSPS) is 49.8. The van der Waals surface area contributed by atoms with Gasteiger partial charge in [-0.25, -0.2) is 0 Å². The molecular weight excluding hydrogens is 240 g/mol. The average molecular weight is 270 g/mol. The Morgan fingerprint density at radius 2 is 1.95 bits per heavy atom. The second-order valence-corrected chi connectivity index (χ2v) is 7.87. The molecule has 0 radical (unpaired) electrons. The highest BCUT2D eigenvalue weighted by Gasteiger charge is 2.49. The number of allylic oxidation sites excluding steroid dienone is 6. The third-order valence-electron chi connectivity index (χ3n) is 6.47. The highest BCUT2D eigenvalue weighted by Crippen LogP contribution is 2.57. The molecule has 0 aliphatic heterocycles. The van der Waals surface area contributed by atoms with Crippen molar-refractivity contribution in [2.75, 3.05) is 0 Å². The van der Waals surface area contributed by atoms with Crippen LogP contribution in [0.25, 0.3) is 0 Å². The first kappa shape index (κ1) is 14.2. The van der Waals surface area contributed by atoms with Crippen molar-refractivity contribution in [3.63, 3.8) is 0 Å². The molecule has 0 N–H and O–H groups in total. The molecular formula is C20H30. The van der Waals surface area contributed by atoms with Gasteiger partial charge in [-0.3, -0.25) is 0 Å². The maximum Gasteiger partial charge on any atom is -0.0106 e. The molecule has 3 aliphatic rings. The lowest BCUT2D eigenvalue weighted by Crippen LogP contribution is -2.35. The van der Waals surface area contributed by atoms with Crippen LogP contribution in [0.1, 0.15) is 59.8 Å². The lowest BCUT2D eigenvalue weighted by atomic mass is 9.62. The zero-order chi connectivity index (χ0) is 14.3. The summed E-state index contributed by atoms with van der Waals surface area (Å²) in [6, 6.07) is 0. The topological polar surface area (TPSA) is 0 Å². The van der Waals surface area contributed by atoms with E-state index in [0.717, 1.165) is 30.1 Å². The van der Waals surface area contributed by atoms with E-state index in [9.17, 15) is 0 Å². The van der Waals surface area contributed by atoms with Crippen LogP contribution in [0.3, 0.4) is 0 Å². The monoisotopic (exact) mass is 270 g/mol. The maximum atomic E-state index is 2.55. The zero-order valence-electron chi connectivity index (χ0n) is 13.7. The lowest BCUT2D eigenvalue weighted by molar-refractivity contribution is 0.146. The molecule has 0 aromatic heterocycles. The van der Waals surface area contributed by atoms with E-state index in [4.69, 9.17) is 0 Å². The van der Waals surface area contributed by atoms with Gasteiger partial charge in [0.1, 0.15) is 0 Å². The van der Waals surface area contributed by atoms with Gasteiger partial charge in [0.25, 0.3) is 0 Å². The smallest absolute Gasteiger partial charge is 0.0106 e. The van der Waals surface area contributed by atoms with Gasteiger partial charge in [-0.15, -0.1) is 0 Å². The minimum atomic E-state index is 0.464. The Balaban J connectivity index is 2.01. The van der Waals surface area contributed by atoms with Crippen LogP contribution < -0.4 is 0 Å². The summed E-state index contributed by atoms with van der Waals surface area (Å²) < 4.78 is 0. The number of fused-ring (bicyclic) bond motifs is 1. The molecule has 1 saturated carbocycles. The van der Waals surface area contributed by atoms with Crippen molar-refractivity contribution >= 4 is 0 Å². The van der Waals surface area contributed by atoms with E-state index < -0.39 is 0 Å². The Kier molecular flexibility index (Phi) is 3.69. The molecule has 110 valence electrons. The first-order chi connectivity index (χ1) is 9.51. The van der Waals surface area contributed by atoms with Crippen LogP contribution in [0.15, 0.2) is 35.5 Å². The molecule has 0 aromatic carbocycles. The SMILES string of the molecule is C/C1=C\CC[C@@H](C)[C@@H]2CC[C@]3(C)C=C/C(=C/C1)[C@@H](C)[C@H]23. The lowest BCUT2D eigenvalue weighted by Gasteiger charge is -2.42. The van der Waals surface area contributed by atoms with Crippen LogP contribution in [0.2, 0.25) is 0 Å². The molecule has 0 aromatic rings. The van der Waals surface area contributed by atoms with E-state index in [2.05, 4.69) is 52.0 Å². The predicted molar refractivity (Wildman–Crippen MR) is 87.5 cm³/mol. The molecule has 20 heavy (non-hydrogen) atoms. The van der Waals surface area contributed by atoms with Gasteiger partial charge in [0, 0.05) is 0 Å². The Hall–Kier alpha value is -0.780. The van der Waals surface area contributed by atoms with Gasteiger partial charge in [0.05, 0.1) is 0 Å². The summed E-state index contributed by atoms with van der Waals surface area (Å²) in [5.74, 6) is 3.41. The average Bonchev–Trinajstić information content (AvgIpc) is 2.75. The molecule has 2 bridgehead atoms. The number of hydrogen-bond donors (Lipinski definition) is 0. The van der Waals surface area contributed by atoms with E-state index in [0.29, 0.717) is 5.41 Å².